The van der Waals surface area contributed by atoms with E-state index in [0.29, 0.717) is 13.2 Å². The van der Waals surface area contributed by atoms with Gasteiger partial charge < -0.3 is 14.6 Å². The summed E-state index contributed by atoms with van der Waals surface area (Å²) in [6.45, 7) is 2.64. The minimum atomic E-state index is -0.819. The molecule has 0 aliphatic carbocycles. The maximum atomic E-state index is 11.7. The van der Waals surface area contributed by atoms with Crippen LogP contribution in [0.3, 0.4) is 0 Å². The van der Waals surface area contributed by atoms with Crippen LogP contribution in [0.1, 0.15) is 33.7 Å². The van der Waals surface area contributed by atoms with E-state index in [1.165, 1.54) is 5.56 Å². The van der Waals surface area contributed by atoms with Gasteiger partial charge in [0, 0.05) is 31.5 Å². The first-order valence-electron chi connectivity index (χ1n) is 15.1. The third kappa shape index (κ3) is 6.28. The number of piperidine rings is 1. The van der Waals surface area contributed by atoms with Crippen LogP contribution in [-0.2, 0) is 16.9 Å². The molecule has 6 rings (SSSR count). The van der Waals surface area contributed by atoms with E-state index in [1.807, 2.05) is 36.4 Å². The van der Waals surface area contributed by atoms with Crippen LogP contribution in [-0.4, -0.2) is 42.9 Å². The Labute approximate surface area is 255 Å². The normalized spacial score (nSPS) is 19.2. The minimum Gasteiger partial charge on any atom is -0.497 e. The summed E-state index contributed by atoms with van der Waals surface area (Å²) in [5, 5.41) is 11.7. The number of aliphatic hydroxyl groups excluding tert-OH is 1. The van der Waals surface area contributed by atoms with E-state index in [2.05, 4.69) is 114 Å². The topological polar surface area (TPSA) is 41.9 Å². The lowest BCUT2D eigenvalue weighted by atomic mass is 9.77. The molecule has 0 spiro atoms. The van der Waals surface area contributed by atoms with Crippen molar-refractivity contribution in [2.45, 2.75) is 24.2 Å². The fraction of sp³-hybridized carbons (Fsp3) is 0.231. The van der Waals surface area contributed by atoms with Crippen LogP contribution < -0.4 is 4.74 Å². The Morgan fingerprint density at radius 3 is 1.63 bits per heavy atom. The number of methoxy groups -OCH3 is 1. The van der Waals surface area contributed by atoms with Crippen molar-refractivity contribution in [3.8, 4) is 5.75 Å². The lowest BCUT2D eigenvalue weighted by Crippen LogP contribution is -2.50. The molecule has 0 saturated carbocycles. The van der Waals surface area contributed by atoms with Crippen molar-refractivity contribution in [3.63, 3.8) is 0 Å². The second kappa shape index (κ2) is 13.4. The first kappa shape index (κ1) is 28.9. The highest BCUT2D eigenvalue weighted by atomic mass is 16.5. The molecular weight excluding hydrogens is 530 g/mol. The molecule has 1 heterocycles. The monoisotopic (exact) mass is 569 g/mol. The largest absolute Gasteiger partial charge is 0.497 e. The van der Waals surface area contributed by atoms with Gasteiger partial charge in [0.15, 0.2) is 0 Å². The zero-order valence-electron chi connectivity index (χ0n) is 24.6. The van der Waals surface area contributed by atoms with Gasteiger partial charge in [0.1, 0.15) is 11.4 Å². The van der Waals surface area contributed by atoms with Crippen LogP contribution in [0, 0.1) is 5.92 Å². The van der Waals surface area contributed by atoms with Crippen molar-refractivity contribution in [1.82, 2.24) is 4.90 Å². The third-order valence-corrected chi connectivity index (χ3v) is 8.66. The molecule has 1 aliphatic heterocycles. The van der Waals surface area contributed by atoms with Gasteiger partial charge in [0.05, 0.1) is 19.8 Å². The Kier molecular flexibility index (Phi) is 8.99. The Balaban J connectivity index is 1.40. The number of likely N-dealkylation sites (tertiary alicyclic amines) is 1. The average molecular weight is 570 g/mol. The number of β-amino-alcohol motifs (C(OH)–C–C–N with tert-alkyl or cyclic N) is 1. The average Bonchev–Trinajstić information content (AvgIpc) is 3.07. The van der Waals surface area contributed by atoms with E-state index in [9.17, 15) is 5.11 Å². The highest BCUT2D eigenvalue weighted by Crippen LogP contribution is 2.43. The number of rotatable bonds is 10. The standard InChI is InChI=1S/C39H39NO3/c1-42-36-24-22-31(23-25-36)38-32(27-40(28-37(38)41)26-30-14-6-2-7-15-30)29-43-39(33-16-8-3-9-17-33,34-18-10-4-11-19-34)35-20-12-5-13-21-35/h2-25,32,37-38,41H,26-29H2,1H3. The Bertz CT molecular complexity index is 1450. The van der Waals surface area contributed by atoms with Crippen molar-refractivity contribution < 1.29 is 14.6 Å². The lowest BCUT2D eigenvalue weighted by Gasteiger charge is -2.44. The molecule has 1 N–H and O–H groups in total. The number of ether oxygens (including phenoxy) is 2. The fourth-order valence-corrected chi connectivity index (χ4v) is 6.66. The molecular formula is C39H39NO3. The molecule has 1 fully saturated rings. The van der Waals surface area contributed by atoms with Gasteiger partial charge in [-0.05, 0) is 39.9 Å². The SMILES string of the molecule is COc1ccc(C2C(O)CN(Cc3ccccc3)CC2COC(c2ccccc2)(c2ccccc2)c2ccccc2)cc1. The van der Waals surface area contributed by atoms with Crippen molar-refractivity contribution in [2.24, 2.45) is 5.92 Å². The summed E-state index contributed by atoms with van der Waals surface area (Å²) in [6.07, 6.45) is -0.543. The van der Waals surface area contributed by atoms with E-state index in [-0.39, 0.29) is 11.8 Å². The number of hydrogen-bond donors (Lipinski definition) is 1. The number of hydrogen-bond acceptors (Lipinski definition) is 4. The summed E-state index contributed by atoms with van der Waals surface area (Å²) in [6, 6.07) is 50.1. The predicted octanol–water partition coefficient (Wildman–Crippen LogP) is 7.28. The maximum Gasteiger partial charge on any atom is 0.143 e. The van der Waals surface area contributed by atoms with Crippen molar-refractivity contribution in [1.29, 1.82) is 0 Å². The van der Waals surface area contributed by atoms with Crippen molar-refractivity contribution in [2.75, 3.05) is 26.8 Å². The molecule has 1 aliphatic rings. The molecule has 0 bridgehead atoms. The van der Waals surface area contributed by atoms with E-state index in [4.69, 9.17) is 9.47 Å². The van der Waals surface area contributed by atoms with Gasteiger partial charge in [-0.1, -0.05) is 133 Å². The zero-order chi connectivity index (χ0) is 29.5. The Morgan fingerprint density at radius 1 is 0.651 bits per heavy atom. The second-order valence-electron chi connectivity index (χ2n) is 11.4. The molecule has 4 nitrogen and oxygen atoms in total. The van der Waals surface area contributed by atoms with Crippen molar-refractivity contribution in [3.05, 3.63) is 173 Å². The third-order valence-electron chi connectivity index (χ3n) is 8.66. The first-order valence-corrected chi connectivity index (χ1v) is 15.1. The quantitative estimate of drug-likeness (QED) is 0.180. The van der Waals surface area contributed by atoms with Gasteiger partial charge in [-0.25, -0.2) is 0 Å². The molecule has 0 radical (unpaired) electrons. The zero-order valence-corrected chi connectivity index (χ0v) is 24.6. The van der Waals surface area contributed by atoms with E-state index in [0.717, 1.165) is 41.1 Å². The highest BCUT2D eigenvalue weighted by molar-refractivity contribution is 5.47. The molecule has 43 heavy (non-hydrogen) atoms. The van der Waals surface area contributed by atoms with Crippen LogP contribution in [0.5, 0.6) is 5.75 Å². The van der Waals surface area contributed by atoms with E-state index >= 15 is 0 Å². The van der Waals surface area contributed by atoms with Gasteiger partial charge in [0.2, 0.25) is 0 Å². The molecule has 0 aromatic heterocycles. The summed E-state index contributed by atoms with van der Waals surface area (Å²) in [5.74, 6) is 0.762. The van der Waals surface area contributed by atoms with Gasteiger partial charge in [0.25, 0.3) is 0 Å². The molecule has 4 heteroatoms. The smallest absolute Gasteiger partial charge is 0.143 e. The lowest BCUT2D eigenvalue weighted by molar-refractivity contribution is -0.0570. The van der Waals surface area contributed by atoms with Crippen LogP contribution in [0.15, 0.2) is 146 Å². The molecule has 218 valence electrons. The first-order chi connectivity index (χ1) is 21.2. The highest BCUT2D eigenvalue weighted by Gasteiger charge is 2.42. The molecule has 0 amide bonds. The van der Waals surface area contributed by atoms with E-state index in [1.54, 1.807) is 7.11 Å². The predicted molar refractivity (Wildman–Crippen MR) is 172 cm³/mol. The van der Waals surface area contributed by atoms with Crippen LogP contribution in [0.2, 0.25) is 0 Å². The summed E-state index contributed by atoms with van der Waals surface area (Å²) in [5.41, 5.74) is 4.75. The molecule has 5 aromatic carbocycles. The van der Waals surface area contributed by atoms with Crippen LogP contribution >= 0.6 is 0 Å². The Morgan fingerprint density at radius 2 is 1.14 bits per heavy atom. The number of benzene rings is 5. The summed E-state index contributed by atoms with van der Waals surface area (Å²) in [4.78, 5) is 2.36. The van der Waals surface area contributed by atoms with Crippen molar-refractivity contribution >= 4 is 0 Å². The summed E-state index contributed by atoms with van der Waals surface area (Å²) >= 11 is 0. The van der Waals surface area contributed by atoms with E-state index < -0.39 is 11.7 Å². The van der Waals surface area contributed by atoms with Crippen LogP contribution in [0.25, 0.3) is 0 Å². The number of nitrogens with zero attached hydrogens (tertiary/aromatic N) is 1. The molecule has 1 saturated heterocycles. The fourth-order valence-electron chi connectivity index (χ4n) is 6.66. The van der Waals surface area contributed by atoms with Gasteiger partial charge in [-0.2, -0.15) is 0 Å². The minimum absolute atomic E-state index is 0.0383. The van der Waals surface area contributed by atoms with Gasteiger partial charge in [-0.3, -0.25) is 4.90 Å². The molecule has 3 atom stereocenters. The molecule has 3 unspecified atom stereocenters. The summed E-state index contributed by atoms with van der Waals surface area (Å²) in [7, 11) is 1.68. The summed E-state index contributed by atoms with van der Waals surface area (Å²) < 4.78 is 12.7. The second-order valence-corrected chi connectivity index (χ2v) is 11.4. The van der Waals surface area contributed by atoms with Crippen LogP contribution in [0.4, 0.5) is 0 Å². The molecule has 5 aromatic rings. The number of aliphatic hydroxyl groups is 1. The maximum absolute atomic E-state index is 11.7. The van der Waals surface area contributed by atoms with Gasteiger partial charge >= 0.3 is 0 Å². The Hall–Kier alpha value is -4.22. The van der Waals surface area contributed by atoms with Gasteiger partial charge in [-0.15, -0.1) is 0 Å².